The molecule has 5 nitrogen and oxygen atoms in total. The number of carbonyl (C=O) groups is 1. The van der Waals surface area contributed by atoms with Crippen LogP contribution in [0.4, 0.5) is 0 Å². The molecule has 0 bridgehead atoms. The number of nitrogens with zero attached hydrogens (tertiary/aromatic N) is 1. The monoisotopic (exact) mass is 330 g/mol. The number of hydrogen-bond acceptors (Lipinski definition) is 5. The minimum Gasteiger partial charge on any atom is -0.267 e. The molecule has 106 valence electrons. The van der Waals surface area contributed by atoms with E-state index < -0.39 is 15.9 Å². The number of aromatic nitrogens is 1. The highest BCUT2D eigenvalue weighted by Gasteiger charge is 2.18. The van der Waals surface area contributed by atoms with Gasteiger partial charge in [-0.25, -0.2) is 18.1 Å². The number of nitrogens with one attached hydrogen (secondary N) is 1. The Kier molecular flexibility index (Phi) is 4.12. The minimum absolute atomic E-state index is 0.269. The van der Waals surface area contributed by atoms with Crippen LogP contribution in [0.25, 0.3) is 10.6 Å². The van der Waals surface area contributed by atoms with Gasteiger partial charge in [0.2, 0.25) is 10.0 Å². The van der Waals surface area contributed by atoms with E-state index in [0.29, 0.717) is 15.7 Å². The summed E-state index contributed by atoms with van der Waals surface area (Å²) in [5.41, 5.74) is 1.26. The Morgan fingerprint density at radius 3 is 2.70 bits per heavy atom. The number of benzene rings is 1. The van der Waals surface area contributed by atoms with E-state index in [-0.39, 0.29) is 4.88 Å². The predicted molar refractivity (Wildman–Crippen MR) is 79.6 cm³/mol. The van der Waals surface area contributed by atoms with Gasteiger partial charge in [0.15, 0.2) is 0 Å². The van der Waals surface area contributed by atoms with Crippen molar-refractivity contribution >= 4 is 38.9 Å². The summed E-state index contributed by atoms with van der Waals surface area (Å²) in [6, 6.07) is 7.08. The lowest BCUT2D eigenvalue weighted by Crippen LogP contribution is -2.29. The molecule has 0 aliphatic rings. The Bertz CT molecular complexity index is 769. The molecule has 1 aromatic heterocycles. The van der Waals surface area contributed by atoms with Gasteiger partial charge in [0.25, 0.3) is 5.91 Å². The third-order valence-electron chi connectivity index (χ3n) is 2.35. The van der Waals surface area contributed by atoms with Gasteiger partial charge in [0.05, 0.1) is 11.9 Å². The van der Waals surface area contributed by atoms with Crippen molar-refractivity contribution in [2.24, 2.45) is 0 Å². The Labute approximate surface area is 125 Å². The van der Waals surface area contributed by atoms with Crippen LogP contribution >= 0.6 is 22.9 Å². The topological polar surface area (TPSA) is 76.1 Å². The van der Waals surface area contributed by atoms with E-state index in [4.69, 9.17) is 11.6 Å². The Balaban J connectivity index is 2.37. The zero-order chi connectivity index (χ0) is 14.9. The van der Waals surface area contributed by atoms with Crippen molar-refractivity contribution in [3.63, 3.8) is 0 Å². The van der Waals surface area contributed by atoms with Crippen LogP contribution in [0.2, 0.25) is 5.02 Å². The molecule has 1 aromatic carbocycles. The first kappa shape index (κ1) is 15.0. The standard InChI is InChI=1S/C12H11ClN2O3S2/c1-7-10(11(16)15-20(2,17)18)19-12(14-7)8-4-3-5-9(13)6-8/h3-6H,1-2H3,(H,15,16). The maximum atomic E-state index is 11.8. The maximum absolute atomic E-state index is 11.8. The quantitative estimate of drug-likeness (QED) is 0.938. The first-order valence-corrected chi connectivity index (χ1v) is 8.60. The first-order chi connectivity index (χ1) is 9.26. The molecular weight excluding hydrogens is 320 g/mol. The molecule has 0 saturated heterocycles. The summed E-state index contributed by atoms with van der Waals surface area (Å²) in [5.74, 6) is -0.671. The number of hydrogen-bond donors (Lipinski definition) is 1. The number of sulfonamides is 1. The van der Waals surface area contributed by atoms with Crippen molar-refractivity contribution in [2.75, 3.05) is 6.26 Å². The Morgan fingerprint density at radius 2 is 2.10 bits per heavy atom. The summed E-state index contributed by atoms with van der Waals surface area (Å²) in [5, 5.41) is 1.18. The van der Waals surface area contributed by atoms with Gasteiger partial charge in [-0.05, 0) is 19.1 Å². The predicted octanol–water partition coefficient (Wildman–Crippen LogP) is 2.46. The molecule has 0 aliphatic carbocycles. The molecule has 0 spiro atoms. The van der Waals surface area contributed by atoms with Crippen LogP contribution in [-0.2, 0) is 10.0 Å². The van der Waals surface area contributed by atoms with E-state index in [1.165, 1.54) is 0 Å². The van der Waals surface area contributed by atoms with Crippen molar-refractivity contribution in [3.8, 4) is 10.6 Å². The molecule has 1 N–H and O–H groups in total. The minimum atomic E-state index is -3.59. The SMILES string of the molecule is Cc1nc(-c2cccc(Cl)c2)sc1C(=O)NS(C)(=O)=O. The molecule has 20 heavy (non-hydrogen) atoms. The van der Waals surface area contributed by atoms with Crippen molar-refractivity contribution < 1.29 is 13.2 Å². The molecule has 0 unspecified atom stereocenters. The number of amides is 1. The zero-order valence-corrected chi connectivity index (χ0v) is 13.1. The third kappa shape index (κ3) is 3.56. The van der Waals surface area contributed by atoms with Crippen LogP contribution < -0.4 is 4.72 Å². The number of rotatable bonds is 3. The van der Waals surface area contributed by atoms with E-state index in [0.717, 1.165) is 23.2 Å². The second kappa shape index (κ2) is 5.51. The van der Waals surface area contributed by atoms with Crippen LogP contribution in [0.1, 0.15) is 15.4 Å². The molecule has 1 heterocycles. The largest absolute Gasteiger partial charge is 0.276 e. The molecule has 0 fully saturated rings. The molecular formula is C12H11ClN2O3S2. The van der Waals surface area contributed by atoms with Crippen LogP contribution in [0, 0.1) is 6.92 Å². The summed E-state index contributed by atoms with van der Waals surface area (Å²) in [7, 11) is -3.59. The summed E-state index contributed by atoms with van der Waals surface area (Å²) < 4.78 is 24.1. The van der Waals surface area contributed by atoms with Crippen LogP contribution in [0.15, 0.2) is 24.3 Å². The van der Waals surface area contributed by atoms with Gasteiger partial charge in [-0.3, -0.25) is 4.79 Å². The Hall–Kier alpha value is -1.44. The average molecular weight is 331 g/mol. The fourth-order valence-corrected chi connectivity index (χ4v) is 3.22. The highest BCUT2D eigenvalue weighted by Crippen LogP contribution is 2.29. The summed E-state index contributed by atoms with van der Waals surface area (Å²) in [4.78, 5) is 16.4. The molecule has 0 saturated carbocycles. The molecule has 2 rings (SSSR count). The lowest BCUT2D eigenvalue weighted by Gasteiger charge is -1.99. The lowest BCUT2D eigenvalue weighted by molar-refractivity contribution is 0.0985. The zero-order valence-electron chi connectivity index (χ0n) is 10.7. The number of halogens is 1. The molecule has 0 aliphatic heterocycles. The van der Waals surface area contributed by atoms with E-state index in [2.05, 4.69) is 4.98 Å². The van der Waals surface area contributed by atoms with Crippen LogP contribution in [0.3, 0.4) is 0 Å². The normalized spacial score (nSPS) is 11.3. The fraction of sp³-hybridized carbons (Fsp3) is 0.167. The Morgan fingerprint density at radius 1 is 1.40 bits per heavy atom. The molecule has 2 aromatic rings. The van der Waals surface area contributed by atoms with Gasteiger partial charge in [-0.1, -0.05) is 23.7 Å². The third-order valence-corrected chi connectivity index (χ3v) is 4.35. The summed E-state index contributed by atoms with van der Waals surface area (Å²) in [6.07, 6.45) is 0.930. The number of carbonyl (C=O) groups excluding carboxylic acids is 1. The second-order valence-electron chi connectivity index (χ2n) is 4.15. The summed E-state index contributed by atoms with van der Waals surface area (Å²) >= 11 is 7.03. The van der Waals surface area contributed by atoms with Crippen molar-refractivity contribution in [1.29, 1.82) is 0 Å². The molecule has 8 heteroatoms. The first-order valence-electron chi connectivity index (χ1n) is 5.52. The molecule has 0 atom stereocenters. The van der Waals surface area contributed by atoms with Crippen molar-refractivity contribution in [3.05, 3.63) is 39.9 Å². The van der Waals surface area contributed by atoms with Gasteiger partial charge >= 0.3 is 0 Å². The van der Waals surface area contributed by atoms with Gasteiger partial charge < -0.3 is 0 Å². The van der Waals surface area contributed by atoms with Gasteiger partial charge in [-0.15, -0.1) is 11.3 Å². The lowest BCUT2D eigenvalue weighted by atomic mass is 10.2. The smallest absolute Gasteiger partial charge is 0.267 e. The second-order valence-corrected chi connectivity index (χ2v) is 7.33. The van der Waals surface area contributed by atoms with E-state index in [1.54, 1.807) is 25.1 Å². The fourth-order valence-electron chi connectivity index (χ4n) is 1.57. The highest BCUT2D eigenvalue weighted by molar-refractivity contribution is 7.89. The van der Waals surface area contributed by atoms with E-state index >= 15 is 0 Å². The van der Waals surface area contributed by atoms with Gasteiger partial charge in [0.1, 0.15) is 9.88 Å². The highest BCUT2D eigenvalue weighted by atomic mass is 35.5. The van der Waals surface area contributed by atoms with Crippen molar-refractivity contribution in [2.45, 2.75) is 6.92 Å². The van der Waals surface area contributed by atoms with E-state index in [9.17, 15) is 13.2 Å². The number of thiazole rings is 1. The average Bonchev–Trinajstić information content (AvgIpc) is 2.69. The maximum Gasteiger partial charge on any atom is 0.276 e. The molecule has 1 amide bonds. The van der Waals surface area contributed by atoms with Crippen LogP contribution in [-0.4, -0.2) is 25.6 Å². The van der Waals surface area contributed by atoms with Crippen molar-refractivity contribution in [1.82, 2.24) is 9.71 Å². The van der Waals surface area contributed by atoms with Crippen LogP contribution in [0.5, 0.6) is 0 Å². The number of aryl methyl sites for hydroxylation is 1. The van der Waals surface area contributed by atoms with E-state index in [1.807, 2.05) is 10.8 Å². The van der Waals surface area contributed by atoms with Gasteiger partial charge in [-0.2, -0.15) is 0 Å². The van der Waals surface area contributed by atoms with Gasteiger partial charge in [0, 0.05) is 10.6 Å². The molecule has 0 radical (unpaired) electrons. The summed E-state index contributed by atoms with van der Waals surface area (Å²) in [6.45, 7) is 1.65.